The first kappa shape index (κ1) is 17.2. The van der Waals surface area contributed by atoms with Crippen LogP contribution < -0.4 is 10.6 Å². The molecule has 6 nitrogen and oxygen atoms in total. The topological polar surface area (TPSA) is 83.4 Å². The molecule has 0 aliphatic heterocycles. The molecule has 1 atom stereocenters. The van der Waals surface area contributed by atoms with Crippen LogP contribution in [0.2, 0.25) is 0 Å². The first-order chi connectivity index (χ1) is 12.1. The number of para-hydroxylation sites is 1. The number of fused-ring (bicyclic) bond motifs is 1. The van der Waals surface area contributed by atoms with Gasteiger partial charge in [0, 0.05) is 41.1 Å². The largest absolute Gasteiger partial charge is 0.386 e. The number of rotatable bonds is 5. The van der Waals surface area contributed by atoms with E-state index in [2.05, 4.69) is 10.6 Å². The van der Waals surface area contributed by atoms with Gasteiger partial charge in [0.2, 0.25) is 0 Å². The number of nitrogens with zero attached hydrogens (tertiary/aromatic N) is 1. The molecule has 0 spiro atoms. The molecule has 0 saturated carbocycles. The maximum Gasteiger partial charge on any atom is 0.309 e. The Morgan fingerprint density at radius 3 is 2.68 bits per heavy atom. The second-order valence-electron chi connectivity index (χ2n) is 5.70. The Morgan fingerprint density at radius 1 is 1.16 bits per heavy atom. The first-order valence-corrected chi connectivity index (χ1v) is 8.74. The molecule has 0 radical (unpaired) electrons. The number of benzene rings is 1. The van der Waals surface area contributed by atoms with E-state index in [9.17, 15) is 14.7 Å². The number of amides is 2. The Balaban J connectivity index is 1.56. The number of aryl methyl sites for hydroxylation is 1. The molecule has 0 bridgehead atoms. The van der Waals surface area contributed by atoms with Gasteiger partial charge in [-0.15, -0.1) is 11.3 Å². The number of aliphatic hydroxyl groups excluding tert-OH is 1. The molecule has 2 amide bonds. The van der Waals surface area contributed by atoms with Crippen LogP contribution in [0.3, 0.4) is 0 Å². The summed E-state index contributed by atoms with van der Waals surface area (Å²) in [6.45, 7) is 0.287. The Morgan fingerprint density at radius 2 is 1.92 bits per heavy atom. The van der Waals surface area contributed by atoms with Gasteiger partial charge in [-0.3, -0.25) is 9.59 Å². The molecule has 0 saturated heterocycles. The molecular formula is C18H19N3O3S. The van der Waals surface area contributed by atoms with Crippen molar-refractivity contribution >= 4 is 34.1 Å². The van der Waals surface area contributed by atoms with Crippen molar-refractivity contribution in [3.63, 3.8) is 0 Å². The summed E-state index contributed by atoms with van der Waals surface area (Å²) in [6, 6.07) is 11.5. The number of hydrogen-bond acceptors (Lipinski definition) is 4. The lowest BCUT2D eigenvalue weighted by molar-refractivity contribution is -0.139. The van der Waals surface area contributed by atoms with E-state index in [0.29, 0.717) is 6.54 Å². The van der Waals surface area contributed by atoms with E-state index >= 15 is 0 Å². The van der Waals surface area contributed by atoms with Crippen molar-refractivity contribution in [1.29, 1.82) is 0 Å². The normalized spacial score (nSPS) is 12.1. The molecule has 0 aliphatic carbocycles. The monoisotopic (exact) mass is 357 g/mol. The summed E-state index contributed by atoms with van der Waals surface area (Å²) in [6.07, 6.45) is 0.943. The summed E-state index contributed by atoms with van der Waals surface area (Å²) >= 11 is 1.51. The van der Waals surface area contributed by atoms with E-state index in [4.69, 9.17) is 0 Å². The second-order valence-corrected chi connectivity index (χ2v) is 6.73. The van der Waals surface area contributed by atoms with Gasteiger partial charge in [-0.1, -0.05) is 24.3 Å². The molecule has 25 heavy (non-hydrogen) atoms. The van der Waals surface area contributed by atoms with Crippen molar-refractivity contribution in [2.45, 2.75) is 12.6 Å². The third kappa shape index (κ3) is 3.89. The fraction of sp³-hybridized carbons (Fsp3) is 0.222. The smallest absolute Gasteiger partial charge is 0.309 e. The third-order valence-corrected chi connectivity index (χ3v) is 4.83. The highest BCUT2D eigenvalue weighted by Crippen LogP contribution is 2.25. The fourth-order valence-electron chi connectivity index (χ4n) is 2.68. The predicted octanol–water partition coefficient (Wildman–Crippen LogP) is 1.71. The maximum absolute atomic E-state index is 11.9. The number of nitrogens with one attached hydrogen (secondary N) is 2. The molecular weight excluding hydrogens is 338 g/mol. The van der Waals surface area contributed by atoms with Crippen LogP contribution in [-0.4, -0.2) is 28.0 Å². The molecule has 3 aromatic rings. The Labute approximate surface area is 149 Å². The summed E-state index contributed by atoms with van der Waals surface area (Å²) in [5.41, 5.74) is 1.72. The van der Waals surface area contributed by atoms with E-state index in [0.717, 1.165) is 21.3 Å². The lowest BCUT2D eigenvalue weighted by atomic mass is 10.1. The minimum Gasteiger partial charge on any atom is -0.386 e. The zero-order chi connectivity index (χ0) is 17.8. The summed E-state index contributed by atoms with van der Waals surface area (Å²) in [7, 11) is 1.90. The van der Waals surface area contributed by atoms with Crippen molar-refractivity contribution in [1.82, 2.24) is 15.2 Å². The summed E-state index contributed by atoms with van der Waals surface area (Å²) in [5, 5.41) is 18.2. The van der Waals surface area contributed by atoms with Crippen LogP contribution in [0.25, 0.3) is 10.9 Å². The van der Waals surface area contributed by atoms with Crippen LogP contribution in [0.5, 0.6) is 0 Å². The van der Waals surface area contributed by atoms with Crippen LogP contribution in [0.15, 0.2) is 48.0 Å². The predicted molar refractivity (Wildman–Crippen MR) is 97.1 cm³/mol. The van der Waals surface area contributed by atoms with Crippen molar-refractivity contribution in [3.8, 4) is 0 Å². The SMILES string of the molecule is Cn1cc(C(O)CNC(=O)C(=O)NCc2cccs2)c2ccccc21. The van der Waals surface area contributed by atoms with Crippen molar-refractivity contribution in [2.75, 3.05) is 6.54 Å². The van der Waals surface area contributed by atoms with Gasteiger partial charge in [0.25, 0.3) is 0 Å². The molecule has 2 heterocycles. The second kappa shape index (κ2) is 7.50. The van der Waals surface area contributed by atoms with Crippen LogP contribution >= 0.6 is 11.3 Å². The number of thiophene rings is 1. The highest BCUT2D eigenvalue weighted by atomic mass is 32.1. The zero-order valence-corrected chi connectivity index (χ0v) is 14.5. The van der Waals surface area contributed by atoms with E-state index in [1.807, 2.05) is 59.6 Å². The van der Waals surface area contributed by atoms with Crippen molar-refractivity contribution in [3.05, 3.63) is 58.4 Å². The van der Waals surface area contributed by atoms with Crippen LogP contribution in [0.4, 0.5) is 0 Å². The summed E-state index contributed by atoms with van der Waals surface area (Å²) in [5.74, 6) is -1.46. The zero-order valence-electron chi connectivity index (χ0n) is 13.7. The van der Waals surface area contributed by atoms with E-state index in [-0.39, 0.29) is 6.54 Å². The lowest BCUT2D eigenvalue weighted by Gasteiger charge is -2.11. The fourth-order valence-corrected chi connectivity index (χ4v) is 3.32. The van der Waals surface area contributed by atoms with Gasteiger partial charge in [-0.2, -0.15) is 0 Å². The third-order valence-electron chi connectivity index (χ3n) is 3.95. The summed E-state index contributed by atoms with van der Waals surface area (Å²) < 4.78 is 1.92. The molecule has 2 aromatic heterocycles. The number of aromatic nitrogens is 1. The molecule has 0 fully saturated rings. The highest BCUT2D eigenvalue weighted by molar-refractivity contribution is 7.09. The molecule has 0 aliphatic rings. The minimum absolute atomic E-state index is 0.0285. The quantitative estimate of drug-likeness (QED) is 0.608. The van der Waals surface area contributed by atoms with E-state index < -0.39 is 17.9 Å². The van der Waals surface area contributed by atoms with Gasteiger partial charge < -0.3 is 20.3 Å². The van der Waals surface area contributed by atoms with E-state index in [1.54, 1.807) is 0 Å². The Kier molecular flexibility index (Phi) is 5.16. The van der Waals surface area contributed by atoms with Crippen molar-refractivity contribution in [2.24, 2.45) is 7.05 Å². The average Bonchev–Trinajstić information content (AvgIpc) is 3.26. The number of hydrogen-bond donors (Lipinski definition) is 3. The number of carbonyl (C=O) groups is 2. The van der Waals surface area contributed by atoms with Gasteiger partial charge in [0.15, 0.2) is 0 Å². The van der Waals surface area contributed by atoms with E-state index in [1.165, 1.54) is 11.3 Å². The lowest BCUT2D eigenvalue weighted by Crippen LogP contribution is -2.41. The minimum atomic E-state index is -0.889. The maximum atomic E-state index is 11.9. The highest BCUT2D eigenvalue weighted by Gasteiger charge is 2.18. The molecule has 3 N–H and O–H groups in total. The molecule has 130 valence electrons. The van der Waals surface area contributed by atoms with Crippen molar-refractivity contribution < 1.29 is 14.7 Å². The molecule has 1 unspecified atom stereocenters. The van der Waals surface area contributed by atoms with Crippen LogP contribution in [-0.2, 0) is 23.2 Å². The van der Waals surface area contributed by atoms with Gasteiger partial charge in [-0.05, 0) is 17.5 Å². The van der Waals surface area contributed by atoms with Crippen LogP contribution in [0.1, 0.15) is 16.5 Å². The Hall–Kier alpha value is -2.64. The van der Waals surface area contributed by atoms with Gasteiger partial charge >= 0.3 is 11.8 Å². The summed E-state index contributed by atoms with van der Waals surface area (Å²) in [4.78, 5) is 24.6. The van der Waals surface area contributed by atoms with Gasteiger partial charge in [0.05, 0.1) is 12.6 Å². The standard InChI is InChI=1S/C18H19N3O3S/c1-21-11-14(13-6-2-3-7-15(13)21)16(22)10-20-18(24)17(23)19-9-12-5-4-8-25-12/h2-8,11,16,22H,9-10H2,1H3,(H,19,23)(H,20,24). The number of carbonyl (C=O) groups excluding carboxylic acids is 2. The average molecular weight is 357 g/mol. The van der Waals surface area contributed by atoms with Gasteiger partial charge in [0.1, 0.15) is 0 Å². The van der Waals surface area contributed by atoms with Gasteiger partial charge in [-0.25, -0.2) is 0 Å². The molecule has 3 rings (SSSR count). The Bertz CT molecular complexity index is 886. The molecule has 7 heteroatoms. The van der Waals surface area contributed by atoms with Crippen LogP contribution in [0, 0.1) is 0 Å². The molecule has 1 aromatic carbocycles. The first-order valence-electron chi connectivity index (χ1n) is 7.86. The number of aliphatic hydroxyl groups is 1.